The Hall–Kier alpha value is -1.26. The average Bonchev–Trinajstić information content (AvgIpc) is 2.94. The lowest BCUT2D eigenvalue weighted by Gasteiger charge is -2.45. The van der Waals surface area contributed by atoms with Crippen LogP contribution < -0.4 is 5.32 Å². The van der Waals surface area contributed by atoms with Gasteiger partial charge >= 0.3 is 0 Å². The summed E-state index contributed by atoms with van der Waals surface area (Å²) in [7, 11) is 0. The molecular formula is C18H22ClN3O. The van der Waals surface area contributed by atoms with E-state index in [-0.39, 0.29) is 0 Å². The molecule has 1 N–H and O–H groups in total. The highest BCUT2D eigenvalue weighted by atomic mass is 35.5. The molecular weight excluding hydrogens is 310 g/mol. The van der Waals surface area contributed by atoms with Gasteiger partial charge in [-0.3, -0.25) is 0 Å². The van der Waals surface area contributed by atoms with Crippen LogP contribution in [-0.2, 0) is 0 Å². The molecule has 0 amide bonds. The number of anilines is 1. The van der Waals surface area contributed by atoms with E-state index in [2.05, 4.69) is 21.4 Å². The first-order chi connectivity index (χ1) is 11.3. The predicted octanol–water partition coefficient (Wildman–Crippen LogP) is 4.25. The van der Waals surface area contributed by atoms with Crippen LogP contribution in [0.5, 0.6) is 0 Å². The van der Waals surface area contributed by atoms with Gasteiger partial charge in [0.25, 0.3) is 0 Å². The number of hydrogen-bond acceptors (Lipinski definition) is 4. The highest BCUT2D eigenvalue weighted by Gasteiger charge is 2.35. The summed E-state index contributed by atoms with van der Waals surface area (Å²) < 4.78 is 5.73. The van der Waals surface area contributed by atoms with Gasteiger partial charge < -0.3 is 14.7 Å². The van der Waals surface area contributed by atoms with Gasteiger partial charge in [0.2, 0.25) is 0 Å². The Kier molecular flexibility index (Phi) is 3.30. The number of piperidine rings is 3. The fourth-order valence-electron chi connectivity index (χ4n) is 4.47. The van der Waals surface area contributed by atoms with Crippen LogP contribution in [0.25, 0.3) is 11.0 Å². The quantitative estimate of drug-likeness (QED) is 0.912. The fraction of sp³-hybridized carbons (Fsp3) is 0.611. The molecule has 122 valence electrons. The smallest absolute Gasteiger partial charge is 0.179 e. The zero-order valence-corrected chi connectivity index (χ0v) is 14.0. The van der Waals surface area contributed by atoms with Crippen LogP contribution in [0.2, 0.25) is 5.02 Å². The summed E-state index contributed by atoms with van der Waals surface area (Å²) in [5, 5.41) is 9.72. The lowest BCUT2D eigenvalue weighted by Crippen LogP contribution is -2.53. The zero-order valence-electron chi connectivity index (χ0n) is 13.2. The largest absolute Gasteiger partial charge is 0.362 e. The molecule has 6 rings (SSSR count). The van der Waals surface area contributed by atoms with E-state index in [1.807, 2.05) is 6.07 Å². The molecule has 4 nitrogen and oxygen atoms in total. The Morgan fingerprint density at radius 3 is 2.65 bits per heavy atom. The number of aromatic nitrogens is 1. The third kappa shape index (κ3) is 2.26. The van der Waals surface area contributed by atoms with Gasteiger partial charge in [0.15, 0.2) is 11.4 Å². The van der Waals surface area contributed by atoms with E-state index in [0.717, 1.165) is 34.3 Å². The molecule has 4 aliphatic rings. The van der Waals surface area contributed by atoms with Crippen molar-refractivity contribution in [3.8, 4) is 0 Å². The van der Waals surface area contributed by atoms with Crippen molar-refractivity contribution in [3.63, 3.8) is 0 Å². The van der Waals surface area contributed by atoms with Crippen LogP contribution in [0.4, 0.5) is 5.82 Å². The van der Waals surface area contributed by atoms with Crippen LogP contribution in [0.3, 0.4) is 0 Å². The second-order valence-electron chi connectivity index (χ2n) is 7.39. The van der Waals surface area contributed by atoms with Crippen molar-refractivity contribution in [2.45, 2.75) is 44.1 Å². The van der Waals surface area contributed by atoms with Crippen molar-refractivity contribution >= 4 is 28.4 Å². The average molecular weight is 332 g/mol. The number of rotatable bonds is 3. The second kappa shape index (κ2) is 5.38. The summed E-state index contributed by atoms with van der Waals surface area (Å²) >= 11 is 6.49. The topological polar surface area (TPSA) is 41.3 Å². The standard InChI is InChI=1S/C18H22ClN3O/c19-14-5-4-13(11-2-1-3-11)17-16(14)18(21-23-17)20-15-10-22-8-6-12(15)7-9-22/h4-5,11-12,15H,1-3,6-10H2,(H,20,21). The minimum atomic E-state index is 0.467. The maximum absolute atomic E-state index is 6.49. The van der Waals surface area contributed by atoms with E-state index in [1.165, 1.54) is 50.8 Å². The summed E-state index contributed by atoms with van der Waals surface area (Å²) in [5.74, 6) is 2.21. The van der Waals surface area contributed by atoms with E-state index in [9.17, 15) is 0 Å². The van der Waals surface area contributed by atoms with E-state index in [1.54, 1.807) is 0 Å². The SMILES string of the molecule is Clc1ccc(C2CCC2)c2onc(NC3CN4CCC3CC4)c12. The zero-order chi connectivity index (χ0) is 15.4. The Labute approximate surface area is 141 Å². The molecule has 1 atom stereocenters. The van der Waals surface area contributed by atoms with Crippen LogP contribution in [-0.4, -0.2) is 35.7 Å². The Balaban J connectivity index is 1.49. The molecule has 1 aromatic heterocycles. The molecule has 1 aliphatic carbocycles. The molecule has 4 fully saturated rings. The van der Waals surface area contributed by atoms with E-state index in [0.29, 0.717) is 12.0 Å². The van der Waals surface area contributed by atoms with Crippen LogP contribution in [0.1, 0.15) is 43.6 Å². The van der Waals surface area contributed by atoms with Crippen LogP contribution in [0.15, 0.2) is 16.7 Å². The molecule has 2 bridgehead atoms. The molecule has 3 aliphatic heterocycles. The third-order valence-electron chi connectivity index (χ3n) is 6.13. The lowest BCUT2D eigenvalue weighted by atomic mass is 9.79. The number of halogens is 1. The molecule has 3 saturated heterocycles. The van der Waals surface area contributed by atoms with Gasteiger partial charge in [0, 0.05) is 18.2 Å². The van der Waals surface area contributed by atoms with Crippen molar-refractivity contribution in [2.75, 3.05) is 25.0 Å². The molecule has 5 heteroatoms. The first kappa shape index (κ1) is 14.1. The number of fused-ring (bicyclic) bond motifs is 4. The van der Waals surface area contributed by atoms with Crippen LogP contribution >= 0.6 is 11.6 Å². The highest BCUT2D eigenvalue weighted by Crippen LogP contribution is 2.43. The normalized spacial score (nSPS) is 30.6. The van der Waals surface area contributed by atoms with Crippen molar-refractivity contribution in [1.82, 2.24) is 10.1 Å². The Morgan fingerprint density at radius 2 is 2.00 bits per heavy atom. The van der Waals surface area contributed by atoms with Crippen LogP contribution in [0, 0.1) is 5.92 Å². The van der Waals surface area contributed by atoms with Crippen molar-refractivity contribution in [3.05, 3.63) is 22.7 Å². The van der Waals surface area contributed by atoms with Crippen molar-refractivity contribution < 1.29 is 4.52 Å². The molecule has 23 heavy (non-hydrogen) atoms. The number of nitrogens with zero attached hydrogens (tertiary/aromatic N) is 2. The number of benzene rings is 1. The third-order valence-corrected chi connectivity index (χ3v) is 6.44. The fourth-order valence-corrected chi connectivity index (χ4v) is 4.71. The molecule has 4 heterocycles. The van der Waals surface area contributed by atoms with Gasteiger partial charge in [-0.2, -0.15) is 0 Å². The first-order valence-electron chi connectivity index (χ1n) is 8.86. The molecule has 0 radical (unpaired) electrons. The second-order valence-corrected chi connectivity index (χ2v) is 7.80. The minimum Gasteiger partial charge on any atom is -0.362 e. The summed E-state index contributed by atoms with van der Waals surface area (Å²) in [4.78, 5) is 2.54. The Bertz CT molecular complexity index is 731. The van der Waals surface area contributed by atoms with Gasteiger partial charge in [-0.15, -0.1) is 0 Å². The highest BCUT2D eigenvalue weighted by molar-refractivity contribution is 6.36. The van der Waals surface area contributed by atoms with Crippen molar-refractivity contribution in [1.29, 1.82) is 0 Å². The van der Waals surface area contributed by atoms with E-state index >= 15 is 0 Å². The Morgan fingerprint density at radius 1 is 1.17 bits per heavy atom. The van der Waals surface area contributed by atoms with Gasteiger partial charge in [0.05, 0.1) is 10.4 Å². The maximum Gasteiger partial charge on any atom is 0.179 e. The van der Waals surface area contributed by atoms with Gasteiger partial charge in [-0.25, -0.2) is 0 Å². The number of nitrogens with one attached hydrogen (secondary N) is 1. The molecule has 0 spiro atoms. The summed E-state index contributed by atoms with van der Waals surface area (Å²) in [5.41, 5.74) is 2.18. The van der Waals surface area contributed by atoms with Gasteiger partial charge in [-0.05, 0) is 56.7 Å². The maximum atomic E-state index is 6.49. The molecule has 1 unspecified atom stereocenters. The van der Waals surface area contributed by atoms with Gasteiger partial charge in [-0.1, -0.05) is 29.2 Å². The van der Waals surface area contributed by atoms with E-state index < -0.39 is 0 Å². The molecule has 1 aromatic carbocycles. The predicted molar refractivity (Wildman–Crippen MR) is 92.2 cm³/mol. The summed E-state index contributed by atoms with van der Waals surface area (Å²) in [6, 6.07) is 4.60. The summed E-state index contributed by atoms with van der Waals surface area (Å²) in [6.45, 7) is 3.60. The van der Waals surface area contributed by atoms with Gasteiger partial charge in [0.1, 0.15) is 0 Å². The first-order valence-corrected chi connectivity index (χ1v) is 9.24. The van der Waals surface area contributed by atoms with E-state index in [4.69, 9.17) is 16.1 Å². The number of hydrogen-bond donors (Lipinski definition) is 1. The monoisotopic (exact) mass is 331 g/mol. The molecule has 2 aromatic rings. The molecule has 1 saturated carbocycles. The minimum absolute atomic E-state index is 0.467. The van der Waals surface area contributed by atoms with Crippen molar-refractivity contribution in [2.24, 2.45) is 5.92 Å². The lowest BCUT2D eigenvalue weighted by molar-refractivity contribution is 0.0973. The summed E-state index contributed by atoms with van der Waals surface area (Å²) in [6.07, 6.45) is 6.39.